The SMILES string of the molecule is COc1cc(CNCC#N)ccc1OCc1nnnn1-c1ccc(C)cc1.Cl. The van der Waals surface area contributed by atoms with Gasteiger partial charge >= 0.3 is 0 Å². The second-order valence-electron chi connectivity index (χ2n) is 5.88. The summed E-state index contributed by atoms with van der Waals surface area (Å²) in [4.78, 5) is 0. The minimum atomic E-state index is 0. The van der Waals surface area contributed by atoms with Crippen molar-refractivity contribution in [3.8, 4) is 23.3 Å². The molecule has 146 valence electrons. The molecule has 0 aliphatic rings. The van der Waals surface area contributed by atoms with Crippen molar-refractivity contribution in [1.82, 2.24) is 25.5 Å². The molecule has 9 heteroatoms. The molecule has 1 aromatic heterocycles. The lowest BCUT2D eigenvalue weighted by molar-refractivity contribution is 0.273. The molecule has 0 amide bonds. The molecule has 0 fully saturated rings. The number of hydrogen-bond donors (Lipinski definition) is 1. The van der Waals surface area contributed by atoms with E-state index in [4.69, 9.17) is 14.7 Å². The first-order valence-corrected chi connectivity index (χ1v) is 8.43. The van der Waals surface area contributed by atoms with E-state index in [-0.39, 0.29) is 19.0 Å². The Hall–Kier alpha value is -3.15. The van der Waals surface area contributed by atoms with E-state index >= 15 is 0 Å². The van der Waals surface area contributed by atoms with E-state index in [1.165, 1.54) is 5.56 Å². The van der Waals surface area contributed by atoms with Gasteiger partial charge in [0.1, 0.15) is 0 Å². The number of halogens is 1. The predicted octanol–water partition coefficient (Wildman–Crippen LogP) is 2.59. The summed E-state index contributed by atoms with van der Waals surface area (Å²) >= 11 is 0. The Morgan fingerprint density at radius 3 is 2.64 bits per heavy atom. The van der Waals surface area contributed by atoms with E-state index in [9.17, 15) is 0 Å². The molecule has 3 aromatic rings. The highest BCUT2D eigenvalue weighted by molar-refractivity contribution is 5.85. The highest BCUT2D eigenvalue weighted by atomic mass is 35.5. The van der Waals surface area contributed by atoms with Crippen molar-refractivity contribution in [2.24, 2.45) is 0 Å². The van der Waals surface area contributed by atoms with Crippen LogP contribution >= 0.6 is 12.4 Å². The molecule has 0 saturated heterocycles. The van der Waals surface area contributed by atoms with Crippen LogP contribution in [-0.4, -0.2) is 33.9 Å². The summed E-state index contributed by atoms with van der Waals surface area (Å²) in [7, 11) is 1.59. The van der Waals surface area contributed by atoms with E-state index in [0.717, 1.165) is 11.3 Å². The van der Waals surface area contributed by atoms with E-state index in [1.807, 2.05) is 55.5 Å². The molecule has 1 heterocycles. The molecule has 0 spiro atoms. The lowest BCUT2D eigenvalue weighted by Crippen LogP contribution is -2.13. The third kappa shape index (κ3) is 5.19. The van der Waals surface area contributed by atoms with Crippen molar-refractivity contribution >= 4 is 12.4 Å². The van der Waals surface area contributed by atoms with Gasteiger partial charge in [-0.05, 0) is 47.2 Å². The van der Waals surface area contributed by atoms with Gasteiger partial charge in [0.25, 0.3) is 0 Å². The summed E-state index contributed by atoms with van der Waals surface area (Å²) in [6, 6.07) is 15.6. The van der Waals surface area contributed by atoms with Gasteiger partial charge in [-0.3, -0.25) is 0 Å². The van der Waals surface area contributed by atoms with Crippen molar-refractivity contribution in [1.29, 1.82) is 5.26 Å². The Morgan fingerprint density at radius 1 is 1.14 bits per heavy atom. The Morgan fingerprint density at radius 2 is 1.93 bits per heavy atom. The molecule has 0 unspecified atom stereocenters. The van der Waals surface area contributed by atoms with E-state index in [1.54, 1.807) is 11.8 Å². The topological polar surface area (TPSA) is 97.9 Å². The first-order chi connectivity index (χ1) is 13.2. The van der Waals surface area contributed by atoms with Crippen LogP contribution in [0.5, 0.6) is 11.5 Å². The van der Waals surface area contributed by atoms with Gasteiger partial charge < -0.3 is 14.8 Å². The predicted molar refractivity (Wildman–Crippen MR) is 106 cm³/mol. The summed E-state index contributed by atoms with van der Waals surface area (Å²) in [6.07, 6.45) is 0. The summed E-state index contributed by atoms with van der Waals surface area (Å²) in [5.41, 5.74) is 3.03. The van der Waals surface area contributed by atoms with Crippen LogP contribution in [0.15, 0.2) is 42.5 Å². The molecular weight excluding hydrogens is 380 g/mol. The van der Waals surface area contributed by atoms with E-state index in [2.05, 4.69) is 20.8 Å². The van der Waals surface area contributed by atoms with E-state index < -0.39 is 0 Å². The van der Waals surface area contributed by atoms with Gasteiger partial charge in [0.15, 0.2) is 23.9 Å². The van der Waals surface area contributed by atoms with E-state index in [0.29, 0.717) is 30.4 Å². The Bertz CT molecular complexity index is 936. The van der Waals surface area contributed by atoms with Crippen molar-refractivity contribution in [2.75, 3.05) is 13.7 Å². The molecule has 8 nitrogen and oxygen atoms in total. The van der Waals surface area contributed by atoms with Gasteiger partial charge in [-0.25, -0.2) is 0 Å². The maximum atomic E-state index is 8.59. The minimum Gasteiger partial charge on any atom is -0.493 e. The Labute approximate surface area is 169 Å². The molecule has 28 heavy (non-hydrogen) atoms. The van der Waals surface area contributed by atoms with Gasteiger partial charge in [-0.1, -0.05) is 23.8 Å². The third-order valence-electron chi connectivity index (χ3n) is 3.93. The average molecular weight is 401 g/mol. The van der Waals surface area contributed by atoms with Gasteiger partial charge in [0.05, 0.1) is 25.4 Å². The van der Waals surface area contributed by atoms with Crippen LogP contribution in [-0.2, 0) is 13.2 Å². The maximum Gasteiger partial charge on any atom is 0.194 e. The second kappa shape index (κ2) is 10.3. The van der Waals surface area contributed by atoms with Crippen molar-refractivity contribution < 1.29 is 9.47 Å². The van der Waals surface area contributed by atoms with Gasteiger partial charge in [0.2, 0.25) is 0 Å². The summed E-state index contributed by atoms with van der Waals surface area (Å²) in [6.45, 7) is 3.10. The van der Waals surface area contributed by atoms with Crippen molar-refractivity contribution in [3.63, 3.8) is 0 Å². The van der Waals surface area contributed by atoms with Crippen LogP contribution < -0.4 is 14.8 Å². The van der Waals surface area contributed by atoms with Crippen molar-refractivity contribution in [2.45, 2.75) is 20.1 Å². The monoisotopic (exact) mass is 400 g/mol. The number of nitrogens with zero attached hydrogens (tertiary/aromatic N) is 5. The summed E-state index contributed by atoms with van der Waals surface area (Å²) in [5, 5.41) is 23.4. The molecule has 3 rings (SSSR count). The fraction of sp³-hybridized carbons (Fsp3) is 0.263. The number of tetrazole rings is 1. The standard InChI is InChI=1S/C19H20N6O2.ClH/c1-14-3-6-16(7-4-14)25-19(22-23-24-25)13-27-17-8-5-15(11-18(17)26-2)12-21-10-9-20;/h3-8,11,21H,10,12-13H2,1-2H3;1H. The van der Waals surface area contributed by atoms with Crippen LogP contribution in [0.3, 0.4) is 0 Å². The molecule has 2 aromatic carbocycles. The molecule has 0 bridgehead atoms. The number of nitriles is 1. The van der Waals surface area contributed by atoms with Crippen LogP contribution in [0, 0.1) is 18.3 Å². The normalized spacial score (nSPS) is 10.0. The molecular formula is C19H21ClN6O2. The quantitative estimate of drug-likeness (QED) is 0.458. The molecule has 0 radical (unpaired) electrons. The molecule has 0 aliphatic carbocycles. The first kappa shape index (κ1) is 21.2. The van der Waals surface area contributed by atoms with Crippen LogP contribution in [0.4, 0.5) is 0 Å². The summed E-state index contributed by atoms with van der Waals surface area (Å²) < 4.78 is 12.9. The van der Waals surface area contributed by atoms with Crippen molar-refractivity contribution in [3.05, 3.63) is 59.4 Å². The number of benzene rings is 2. The molecule has 0 aliphatic heterocycles. The number of aromatic nitrogens is 4. The molecule has 0 saturated carbocycles. The number of nitrogens with one attached hydrogen (secondary N) is 1. The lowest BCUT2D eigenvalue weighted by Gasteiger charge is -2.12. The maximum absolute atomic E-state index is 8.59. The Kier molecular flexibility index (Phi) is 7.75. The minimum absolute atomic E-state index is 0. The average Bonchev–Trinajstić information content (AvgIpc) is 3.16. The first-order valence-electron chi connectivity index (χ1n) is 8.43. The number of ether oxygens (including phenoxy) is 2. The largest absolute Gasteiger partial charge is 0.493 e. The highest BCUT2D eigenvalue weighted by Gasteiger charge is 2.11. The van der Waals surface area contributed by atoms with Gasteiger partial charge in [0, 0.05) is 6.54 Å². The fourth-order valence-electron chi connectivity index (χ4n) is 2.53. The van der Waals surface area contributed by atoms with Crippen LogP contribution in [0.25, 0.3) is 5.69 Å². The van der Waals surface area contributed by atoms with Crippen LogP contribution in [0.2, 0.25) is 0 Å². The summed E-state index contributed by atoms with van der Waals surface area (Å²) in [5.74, 6) is 1.79. The zero-order valence-corrected chi connectivity index (χ0v) is 16.4. The lowest BCUT2D eigenvalue weighted by atomic mass is 10.2. The third-order valence-corrected chi connectivity index (χ3v) is 3.93. The highest BCUT2D eigenvalue weighted by Crippen LogP contribution is 2.28. The zero-order valence-electron chi connectivity index (χ0n) is 15.6. The van der Waals surface area contributed by atoms with Gasteiger partial charge in [-0.2, -0.15) is 9.94 Å². The number of rotatable bonds is 8. The second-order valence-corrected chi connectivity index (χ2v) is 5.88. The fourth-order valence-corrected chi connectivity index (χ4v) is 2.53. The Balaban J connectivity index is 0.00000280. The smallest absolute Gasteiger partial charge is 0.194 e. The number of methoxy groups -OCH3 is 1. The number of hydrogen-bond acceptors (Lipinski definition) is 7. The van der Waals surface area contributed by atoms with Gasteiger partial charge in [-0.15, -0.1) is 17.5 Å². The zero-order chi connectivity index (χ0) is 19.1. The number of aryl methyl sites for hydroxylation is 1. The van der Waals surface area contributed by atoms with Crippen LogP contribution in [0.1, 0.15) is 17.0 Å². The molecule has 1 N–H and O–H groups in total. The molecule has 0 atom stereocenters.